The number of aliphatic hydroxyl groups excluding tert-OH is 1. The van der Waals surface area contributed by atoms with Gasteiger partial charge in [0.25, 0.3) is 0 Å². The Morgan fingerprint density at radius 1 is 1.53 bits per heavy atom. The summed E-state index contributed by atoms with van der Waals surface area (Å²) in [7, 11) is 0. The third-order valence-corrected chi connectivity index (χ3v) is 3.05. The lowest BCUT2D eigenvalue weighted by atomic mass is 9.86. The molecule has 0 spiro atoms. The minimum atomic E-state index is -0.521. The van der Waals surface area contributed by atoms with Crippen LogP contribution in [0.25, 0.3) is 0 Å². The monoisotopic (exact) mass is 244 g/mol. The predicted octanol–water partition coefficient (Wildman–Crippen LogP) is 1.90. The molecule has 1 aliphatic heterocycles. The number of unbranched alkanes of at least 4 members (excludes halogenated alkanes) is 1. The van der Waals surface area contributed by atoms with E-state index >= 15 is 0 Å². The molecule has 0 aromatic rings. The number of carbonyl (C=O) groups excluding carboxylic acids is 1. The van der Waals surface area contributed by atoms with E-state index in [1.165, 1.54) is 0 Å². The average Bonchev–Trinajstić information content (AvgIpc) is 2.27. The molecule has 0 aromatic heterocycles. The molecule has 0 radical (unpaired) electrons. The summed E-state index contributed by atoms with van der Waals surface area (Å²) in [5, 5.41) is 9.23. The van der Waals surface area contributed by atoms with Gasteiger partial charge in [0.1, 0.15) is 0 Å². The highest BCUT2D eigenvalue weighted by Gasteiger charge is 2.38. The zero-order valence-corrected chi connectivity index (χ0v) is 11.1. The van der Waals surface area contributed by atoms with Crippen LogP contribution in [0.1, 0.15) is 46.5 Å². The van der Waals surface area contributed by atoms with E-state index in [0.29, 0.717) is 13.0 Å². The van der Waals surface area contributed by atoms with Crippen molar-refractivity contribution in [3.05, 3.63) is 0 Å². The Balaban J connectivity index is 2.48. The Kier molecular flexibility index (Phi) is 5.40. The Labute approximate surface area is 103 Å². The first-order valence-electron chi connectivity index (χ1n) is 6.44. The zero-order chi connectivity index (χ0) is 12.9. The molecule has 0 amide bonds. The smallest absolute Gasteiger partial charge is 0.335 e. The molecule has 2 unspecified atom stereocenters. The van der Waals surface area contributed by atoms with Gasteiger partial charge in [-0.1, -0.05) is 13.3 Å². The predicted molar refractivity (Wildman–Crippen MR) is 64.6 cm³/mol. The molecule has 0 saturated carbocycles. The second-order valence-electron chi connectivity index (χ2n) is 5.38. The molecule has 100 valence electrons. The Hall–Kier alpha value is -0.610. The van der Waals surface area contributed by atoms with Crippen LogP contribution in [-0.2, 0) is 14.3 Å². The van der Waals surface area contributed by atoms with Crippen molar-refractivity contribution in [2.45, 2.75) is 58.2 Å². The van der Waals surface area contributed by atoms with Crippen molar-refractivity contribution in [2.75, 3.05) is 13.2 Å². The minimum absolute atomic E-state index is 0.103. The van der Waals surface area contributed by atoms with Crippen LogP contribution in [0, 0.1) is 5.92 Å². The standard InChI is InChI=1S/C13H24O4/c1-4-5-6-16-12(15)11-7-10(9-14)8-13(2,3)17-11/h10-11,14H,4-9H2,1-3H3. The molecule has 1 heterocycles. The largest absolute Gasteiger partial charge is 0.464 e. The van der Waals surface area contributed by atoms with E-state index in [9.17, 15) is 9.90 Å². The maximum absolute atomic E-state index is 11.8. The molecular weight excluding hydrogens is 220 g/mol. The zero-order valence-electron chi connectivity index (χ0n) is 11.1. The lowest BCUT2D eigenvalue weighted by molar-refractivity contribution is -0.182. The van der Waals surface area contributed by atoms with Crippen LogP contribution in [0.4, 0.5) is 0 Å². The lowest BCUT2D eigenvalue weighted by Gasteiger charge is -2.38. The molecule has 2 atom stereocenters. The normalized spacial score (nSPS) is 27.8. The summed E-state index contributed by atoms with van der Waals surface area (Å²) < 4.78 is 10.9. The van der Waals surface area contributed by atoms with E-state index in [0.717, 1.165) is 19.3 Å². The average molecular weight is 244 g/mol. The second kappa shape index (κ2) is 6.36. The van der Waals surface area contributed by atoms with Gasteiger partial charge in [-0.15, -0.1) is 0 Å². The van der Waals surface area contributed by atoms with Gasteiger partial charge in [0.2, 0.25) is 0 Å². The van der Waals surface area contributed by atoms with E-state index in [1.54, 1.807) is 0 Å². The maximum Gasteiger partial charge on any atom is 0.335 e. The van der Waals surface area contributed by atoms with Crippen molar-refractivity contribution < 1.29 is 19.4 Å². The molecule has 1 rings (SSSR count). The number of carbonyl (C=O) groups is 1. The van der Waals surface area contributed by atoms with Gasteiger partial charge >= 0.3 is 5.97 Å². The maximum atomic E-state index is 11.8. The highest BCUT2D eigenvalue weighted by atomic mass is 16.6. The van der Waals surface area contributed by atoms with Crippen LogP contribution in [0.15, 0.2) is 0 Å². The number of aliphatic hydroxyl groups is 1. The first kappa shape index (κ1) is 14.5. The highest BCUT2D eigenvalue weighted by molar-refractivity contribution is 5.74. The van der Waals surface area contributed by atoms with Crippen molar-refractivity contribution in [3.8, 4) is 0 Å². The van der Waals surface area contributed by atoms with Crippen LogP contribution in [0.2, 0.25) is 0 Å². The summed E-state index contributed by atoms with van der Waals surface area (Å²) in [4.78, 5) is 11.8. The van der Waals surface area contributed by atoms with E-state index < -0.39 is 6.10 Å². The van der Waals surface area contributed by atoms with E-state index in [1.807, 2.05) is 13.8 Å². The molecule has 1 fully saturated rings. The van der Waals surface area contributed by atoms with Gasteiger partial charge in [-0.3, -0.25) is 0 Å². The second-order valence-corrected chi connectivity index (χ2v) is 5.38. The summed E-state index contributed by atoms with van der Waals surface area (Å²) in [6.07, 6.45) is 2.70. The molecule has 0 aliphatic carbocycles. The fraction of sp³-hybridized carbons (Fsp3) is 0.923. The van der Waals surface area contributed by atoms with Crippen molar-refractivity contribution in [1.82, 2.24) is 0 Å². The van der Waals surface area contributed by atoms with Gasteiger partial charge in [0.15, 0.2) is 6.10 Å². The molecule has 4 nitrogen and oxygen atoms in total. The first-order valence-corrected chi connectivity index (χ1v) is 6.44. The SMILES string of the molecule is CCCCOC(=O)C1CC(CO)CC(C)(C)O1. The molecule has 0 aromatic carbocycles. The number of rotatable bonds is 5. The van der Waals surface area contributed by atoms with Crippen molar-refractivity contribution in [2.24, 2.45) is 5.92 Å². The number of esters is 1. The van der Waals surface area contributed by atoms with Crippen LogP contribution >= 0.6 is 0 Å². The topological polar surface area (TPSA) is 55.8 Å². The minimum Gasteiger partial charge on any atom is -0.464 e. The van der Waals surface area contributed by atoms with E-state index in [4.69, 9.17) is 9.47 Å². The highest BCUT2D eigenvalue weighted by Crippen LogP contribution is 2.32. The van der Waals surface area contributed by atoms with Gasteiger partial charge in [-0.25, -0.2) is 4.79 Å². The van der Waals surface area contributed by atoms with E-state index in [2.05, 4.69) is 6.92 Å². The van der Waals surface area contributed by atoms with Gasteiger partial charge in [-0.2, -0.15) is 0 Å². The van der Waals surface area contributed by atoms with Gasteiger partial charge in [0.05, 0.1) is 12.2 Å². The summed E-state index contributed by atoms with van der Waals surface area (Å²) >= 11 is 0. The van der Waals surface area contributed by atoms with Crippen LogP contribution < -0.4 is 0 Å². The summed E-state index contributed by atoms with van der Waals surface area (Å²) in [6.45, 7) is 6.50. The third-order valence-electron chi connectivity index (χ3n) is 3.05. The molecule has 4 heteroatoms. The summed E-state index contributed by atoms with van der Waals surface area (Å²) in [5.74, 6) is -0.160. The lowest BCUT2D eigenvalue weighted by Crippen LogP contribution is -2.44. The molecule has 1 saturated heterocycles. The van der Waals surface area contributed by atoms with Gasteiger partial charge in [-0.05, 0) is 39.0 Å². The van der Waals surface area contributed by atoms with Crippen LogP contribution in [0.3, 0.4) is 0 Å². The molecule has 0 bridgehead atoms. The Bertz CT molecular complexity index is 250. The molecule has 1 aliphatic rings. The fourth-order valence-electron chi connectivity index (χ4n) is 2.26. The van der Waals surface area contributed by atoms with E-state index in [-0.39, 0.29) is 24.1 Å². The third kappa shape index (κ3) is 4.64. The first-order chi connectivity index (χ1) is 7.98. The van der Waals surface area contributed by atoms with Crippen LogP contribution in [-0.4, -0.2) is 36.0 Å². The number of hydrogen-bond acceptors (Lipinski definition) is 4. The van der Waals surface area contributed by atoms with Gasteiger partial charge < -0.3 is 14.6 Å². The van der Waals surface area contributed by atoms with Crippen molar-refractivity contribution >= 4 is 5.97 Å². The molecular formula is C13H24O4. The Morgan fingerprint density at radius 3 is 2.82 bits per heavy atom. The van der Waals surface area contributed by atoms with Crippen molar-refractivity contribution in [3.63, 3.8) is 0 Å². The summed E-state index contributed by atoms with van der Waals surface area (Å²) in [5.41, 5.74) is -0.361. The fourth-order valence-corrected chi connectivity index (χ4v) is 2.26. The van der Waals surface area contributed by atoms with Crippen molar-refractivity contribution in [1.29, 1.82) is 0 Å². The summed E-state index contributed by atoms with van der Waals surface area (Å²) in [6, 6.07) is 0. The number of hydrogen-bond donors (Lipinski definition) is 1. The quantitative estimate of drug-likeness (QED) is 0.593. The van der Waals surface area contributed by atoms with Crippen LogP contribution in [0.5, 0.6) is 0 Å². The number of ether oxygens (including phenoxy) is 2. The molecule has 1 N–H and O–H groups in total. The molecule has 17 heavy (non-hydrogen) atoms. The van der Waals surface area contributed by atoms with Gasteiger partial charge in [0, 0.05) is 6.61 Å². The Morgan fingerprint density at radius 2 is 2.24 bits per heavy atom.